The summed E-state index contributed by atoms with van der Waals surface area (Å²) in [6.45, 7) is 3.30. The minimum atomic E-state index is -0.700. The summed E-state index contributed by atoms with van der Waals surface area (Å²) in [4.78, 5) is 1.89. The van der Waals surface area contributed by atoms with E-state index in [1.807, 2.05) is 36.1 Å². The lowest BCUT2D eigenvalue weighted by Gasteiger charge is -2.10. The molecule has 0 saturated carbocycles. The van der Waals surface area contributed by atoms with Crippen LogP contribution in [-0.4, -0.2) is 50.6 Å². The van der Waals surface area contributed by atoms with Gasteiger partial charge in [0, 0.05) is 18.7 Å². The lowest BCUT2D eigenvalue weighted by atomic mass is 10.1. The third-order valence-electron chi connectivity index (χ3n) is 3.46. The van der Waals surface area contributed by atoms with Gasteiger partial charge in [-0.3, -0.25) is 4.90 Å². The molecule has 0 radical (unpaired) electrons. The molecule has 0 amide bonds. The van der Waals surface area contributed by atoms with Gasteiger partial charge in [0.2, 0.25) is 11.8 Å². The van der Waals surface area contributed by atoms with Crippen LogP contribution >= 0.6 is 0 Å². The van der Waals surface area contributed by atoms with E-state index in [9.17, 15) is 10.2 Å². The largest absolute Gasteiger partial charge is 0.419 e. The van der Waals surface area contributed by atoms with Crippen LogP contribution < -0.4 is 0 Å². The van der Waals surface area contributed by atoms with Gasteiger partial charge in [0.25, 0.3) is 0 Å². The summed E-state index contributed by atoms with van der Waals surface area (Å²) < 4.78 is 5.61. The molecule has 0 unspecified atom stereocenters. The average molecular weight is 275 g/mol. The van der Waals surface area contributed by atoms with Crippen molar-refractivity contribution in [3.8, 4) is 11.5 Å². The highest BCUT2D eigenvalue weighted by atomic mass is 16.4. The van der Waals surface area contributed by atoms with Crippen LogP contribution in [-0.2, 0) is 6.54 Å². The minimum Gasteiger partial charge on any atom is -0.419 e. The number of aromatic nitrogens is 2. The van der Waals surface area contributed by atoms with E-state index in [0.29, 0.717) is 31.4 Å². The van der Waals surface area contributed by atoms with E-state index < -0.39 is 12.2 Å². The Morgan fingerprint density at radius 1 is 1.15 bits per heavy atom. The fourth-order valence-electron chi connectivity index (χ4n) is 2.30. The molecule has 106 valence electrons. The molecule has 1 aromatic carbocycles. The van der Waals surface area contributed by atoms with Crippen LogP contribution in [0.1, 0.15) is 11.5 Å². The van der Waals surface area contributed by atoms with E-state index in [2.05, 4.69) is 10.2 Å². The van der Waals surface area contributed by atoms with Crippen molar-refractivity contribution in [2.45, 2.75) is 25.7 Å². The van der Waals surface area contributed by atoms with E-state index in [-0.39, 0.29) is 0 Å². The molecule has 3 rings (SSSR count). The summed E-state index contributed by atoms with van der Waals surface area (Å²) in [7, 11) is 0. The Bertz CT molecular complexity index is 572. The van der Waals surface area contributed by atoms with Gasteiger partial charge in [-0.25, -0.2) is 0 Å². The van der Waals surface area contributed by atoms with E-state index >= 15 is 0 Å². The fourth-order valence-corrected chi connectivity index (χ4v) is 2.30. The number of aliphatic hydroxyl groups is 2. The lowest BCUT2D eigenvalue weighted by molar-refractivity contribution is 0.0572. The van der Waals surface area contributed by atoms with Crippen LogP contribution in [0, 0.1) is 6.92 Å². The third-order valence-corrected chi connectivity index (χ3v) is 3.46. The van der Waals surface area contributed by atoms with Crippen molar-refractivity contribution in [1.29, 1.82) is 0 Å². The number of benzene rings is 1. The number of aliphatic hydroxyl groups excluding tert-OH is 2. The maximum Gasteiger partial charge on any atom is 0.247 e. The topological polar surface area (TPSA) is 82.6 Å². The summed E-state index contributed by atoms with van der Waals surface area (Å²) in [6.07, 6.45) is -1.40. The highest BCUT2D eigenvalue weighted by Crippen LogP contribution is 2.20. The lowest BCUT2D eigenvalue weighted by Crippen LogP contribution is -2.22. The second kappa shape index (κ2) is 5.32. The zero-order chi connectivity index (χ0) is 14.1. The molecular formula is C14H17N3O3. The van der Waals surface area contributed by atoms with Crippen molar-refractivity contribution in [2.75, 3.05) is 13.1 Å². The van der Waals surface area contributed by atoms with Crippen LogP contribution in [0.15, 0.2) is 28.7 Å². The van der Waals surface area contributed by atoms with Crippen molar-refractivity contribution in [3.63, 3.8) is 0 Å². The molecule has 1 aliphatic rings. The number of hydrogen-bond acceptors (Lipinski definition) is 6. The Hall–Kier alpha value is -1.76. The van der Waals surface area contributed by atoms with Gasteiger partial charge in [0.15, 0.2) is 0 Å². The van der Waals surface area contributed by atoms with E-state index in [0.717, 1.165) is 5.56 Å². The normalized spacial score (nSPS) is 23.4. The minimum absolute atomic E-state index is 0.420. The van der Waals surface area contributed by atoms with Gasteiger partial charge in [-0.1, -0.05) is 17.7 Å². The van der Waals surface area contributed by atoms with Crippen molar-refractivity contribution in [3.05, 3.63) is 35.7 Å². The predicted octanol–water partition coefficient (Wildman–Crippen LogP) is 0.582. The van der Waals surface area contributed by atoms with Gasteiger partial charge in [-0.2, -0.15) is 0 Å². The van der Waals surface area contributed by atoms with Crippen molar-refractivity contribution in [2.24, 2.45) is 0 Å². The molecule has 1 fully saturated rings. The maximum atomic E-state index is 9.50. The van der Waals surface area contributed by atoms with Crippen LogP contribution in [0.2, 0.25) is 0 Å². The van der Waals surface area contributed by atoms with Gasteiger partial charge in [0.1, 0.15) is 0 Å². The Kier molecular flexibility index (Phi) is 3.52. The highest BCUT2D eigenvalue weighted by Gasteiger charge is 2.30. The first-order valence-electron chi connectivity index (χ1n) is 6.60. The van der Waals surface area contributed by atoms with Crippen LogP contribution in [0.4, 0.5) is 0 Å². The molecule has 20 heavy (non-hydrogen) atoms. The second-order valence-electron chi connectivity index (χ2n) is 5.20. The van der Waals surface area contributed by atoms with E-state index in [1.54, 1.807) is 0 Å². The van der Waals surface area contributed by atoms with Gasteiger partial charge < -0.3 is 14.6 Å². The van der Waals surface area contributed by atoms with Crippen LogP contribution in [0.5, 0.6) is 0 Å². The number of likely N-dealkylation sites (tertiary alicyclic amines) is 1. The predicted molar refractivity (Wildman–Crippen MR) is 71.8 cm³/mol. The highest BCUT2D eigenvalue weighted by molar-refractivity contribution is 5.52. The third kappa shape index (κ3) is 2.72. The first-order chi connectivity index (χ1) is 9.61. The number of β-amino-alcohol motifs (C(OH)–C–C–N with tert-alkyl or cyclic N) is 2. The molecule has 6 heteroatoms. The van der Waals surface area contributed by atoms with Crippen molar-refractivity contribution in [1.82, 2.24) is 15.1 Å². The molecule has 2 aromatic rings. The van der Waals surface area contributed by atoms with E-state index in [1.165, 1.54) is 5.56 Å². The Morgan fingerprint density at radius 3 is 2.45 bits per heavy atom. The standard InChI is InChI=1S/C14H17N3O3/c1-9-2-4-10(5-3-9)14-16-15-13(20-14)8-17-6-11(18)12(19)7-17/h2-5,11-12,18-19H,6-8H2,1H3/t11-,12+. The SMILES string of the molecule is Cc1ccc(-c2nnc(CN3C[C@@H](O)[C@@H](O)C3)o2)cc1. The molecular weight excluding hydrogens is 258 g/mol. The Labute approximate surface area is 116 Å². The first kappa shape index (κ1) is 13.2. The molecule has 0 bridgehead atoms. The fraction of sp³-hybridized carbons (Fsp3) is 0.429. The average Bonchev–Trinajstić information content (AvgIpc) is 2.99. The number of nitrogens with zero attached hydrogens (tertiary/aromatic N) is 3. The summed E-state index contributed by atoms with van der Waals surface area (Å²) in [6, 6.07) is 7.87. The van der Waals surface area contributed by atoms with Gasteiger partial charge in [-0.05, 0) is 19.1 Å². The van der Waals surface area contributed by atoms with Crippen molar-refractivity contribution < 1.29 is 14.6 Å². The summed E-state index contributed by atoms with van der Waals surface area (Å²) in [5.74, 6) is 0.974. The molecule has 1 aromatic heterocycles. The molecule has 1 saturated heterocycles. The van der Waals surface area contributed by atoms with Crippen LogP contribution in [0.3, 0.4) is 0 Å². The summed E-state index contributed by atoms with van der Waals surface area (Å²) in [5, 5.41) is 27.0. The molecule has 2 heterocycles. The molecule has 2 atom stereocenters. The molecule has 0 spiro atoms. The summed E-state index contributed by atoms with van der Waals surface area (Å²) >= 11 is 0. The summed E-state index contributed by atoms with van der Waals surface area (Å²) in [5.41, 5.74) is 2.06. The van der Waals surface area contributed by atoms with Crippen molar-refractivity contribution >= 4 is 0 Å². The number of rotatable bonds is 3. The molecule has 2 N–H and O–H groups in total. The van der Waals surface area contributed by atoms with Crippen LogP contribution in [0.25, 0.3) is 11.5 Å². The zero-order valence-electron chi connectivity index (χ0n) is 11.2. The monoisotopic (exact) mass is 275 g/mol. The molecule has 6 nitrogen and oxygen atoms in total. The maximum absolute atomic E-state index is 9.50. The zero-order valence-corrected chi connectivity index (χ0v) is 11.2. The first-order valence-corrected chi connectivity index (χ1v) is 6.60. The van der Waals surface area contributed by atoms with Gasteiger partial charge >= 0.3 is 0 Å². The number of hydrogen-bond donors (Lipinski definition) is 2. The van der Waals surface area contributed by atoms with Gasteiger partial charge in [-0.15, -0.1) is 10.2 Å². The quantitative estimate of drug-likeness (QED) is 0.852. The molecule has 0 aliphatic carbocycles. The Morgan fingerprint density at radius 2 is 1.80 bits per heavy atom. The smallest absolute Gasteiger partial charge is 0.247 e. The Balaban J connectivity index is 1.69. The second-order valence-corrected chi connectivity index (χ2v) is 5.20. The molecule has 1 aliphatic heterocycles. The van der Waals surface area contributed by atoms with E-state index in [4.69, 9.17) is 4.42 Å². The van der Waals surface area contributed by atoms with Gasteiger partial charge in [0.05, 0.1) is 18.8 Å². The number of aryl methyl sites for hydroxylation is 1.